The number of hydrogen-bond donors (Lipinski definition) is 0. The largest absolute Gasteiger partial charge is 0.308 e. The first kappa shape index (κ1) is 50.6. The van der Waals surface area contributed by atoms with Crippen LogP contribution >= 0.6 is 0 Å². The second-order valence-electron chi connectivity index (χ2n) is 21.5. The summed E-state index contributed by atoms with van der Waals surface area (Å²) in [6, 6.07) is 117. The van der Waals surface area contributed by atoms with Crippen LogP contribution in [-0.4, -0.2) is 19.5 Å². The van der Waals surface area contributed by atoms with Gasteiger partial charge in [0.1, 0.15) is 0 Å². The van der Waals surface area contributed by atoms with E-state index < -0.39 is 0 Å². The smallest absolute Gasteiger partial charge is 0.164 e. The Hall–Kier alpha value is -11.3. The third-order valence-corrected chi connectivity index (χ3v) is 16.2. The topological polar surface area (TPSA) is 43.6 Å². The predicted molar refractivity (Wildman–Crippen MR) is 354 cm³/mol. The molecule has 0 bridgehead atoms. The maximum atomic E-state index is 5.59. The minimum Gasteiger partial charge on any atom is -0.308 e. The fourth-order valence-electron chi connectivity index (χ4n) is 12.0. The highest BCUT2D eigenvalue weighted by Gasteiger charge is 2.25. The van der Waals surface area contributed by atoms with Crippen molar-refractivity contribution >= 4 is 21.8 Å². The van der Waals surface area contributed by atoms with Gasteiger partial charge in [0.2, 0.25) is 0 Å². The van der Waals surface area contributed by atoms with Crippen molar-refractivity contribution in [1.29, 1.82) is 0 Å². The first-order valence-corrected chi connectivity index (χ1v) is 28.9. The molecular formula is C81H54N4. The second-order valence-corrected chi connectivity index (χ2v) is 21.5. The predicted octanol–water partition coefficient (Wildman–Crippen LogP) is 21.3. The van der Waals surface area contributed by atoms with Gasteiger partial charge in [0, 0.05) is 38.6 Å². The van der Waals surface area contributed by atoms with E-state index in [2.05, 4.69) is 314 Å². The zero-order valence-electron chi connectivity index (χ0n) is 46.5. The molecule has 13 aromatic carbocycles. The van der Waals surface area contributed by atoms with Crippen molar-refractivity contribution in [1.82, 2.24) is 19.5 Å². The van der Waals surface area contributed by atoms with E-state index in [1.54, 1.807) is 0 Å². The summed E-state index contributed by atoms with van der Waals surface area (Å²) in [5, 5.41) is 2.33. The molecule has 0 saturated heterocycles. The van der Waals surface area contributed by atoms with Crippen LogP contribution in [0.1, 0.15) is 0 Å². The van der Waals surface area contributed by atoms with Crippen LogP contribution in [0.4, 0.5) is 0 Å². The zero-order chi connectivity index (χ0) is 56.5. The molecule has 85 heavy (non-hydrogen) atoms. The van der Waals surface area contributed by atoms with Gasteiger partial charge >= 0.3 is 0 Å². The highest BCUT2D eigenvalue weighted by Crippen LogP contribution is 2.46. The number of rotatable bonds is 12. The van der Waals surface area contributed by atoms with Crippen LogP contribution in [0, 0.1) is 0 Å². The number of fused-ring (bicyclic) bond motifs is 3. The maximum Gasteiger partial charge on any atom is 0.164 e. The molecule has 0 aliphatic carbocycles. The van der Waals surface area contributed by atoms with Gasteiger partial charge < -0.3 is 4.57 Å². The van der Waals surface area contributed by atoms with Crippen LogP contribution in [0.2, 0.25) is 0 Å². The fourth-order valence-corrected chi connectivity index (χ4v) is 12.0. The number of aromatic nitrogens is 4. The third-order valence-electron chi connectivity index (χ3n) is 16.2. The van der Waals surface area contributed by atoms with E-state index in [0.717, 1.165) is 122 Å². The molecule has 0 N–H and O–H groups in total. The van der Waals surface area contributed by atoms with Gasteiger partial charge in [-0.15, -0.1) is 0 Å². The SMILES string of the molecule is c1ccc(-c2ccc(-c3cc(-c4nc(-c5ccccc5)nc(-c5cc(-c6ccccc6)cc(-c6ccccc6)c5)n4)cc(-c4ccc(-c5ccccc5)cc4)c3-n3c4ccc(-c5ccccc5)cc4c4cc(-c5ccccc5)ccc43)cc2)cc1. The lowest BCUT2D eigenvalue weighted by molar-refractivity contribution is 1.07. The molecule has 2 heterocycles. The van der Waals surface area contributed by atoms with Crippen molar-refractivity contribution in [2.24, 2.45) is 0 Å². The molecule has 15 aromatic rings. The van der Waals surface area contributed by atoms with Crippen molar-refractivity contribution in [2.75, 3.05) is 0 Å². The summed E-state index contributed by atoms with van der Waals surface area (Å²) in [5.41, 5.74) is 23.7. The molecule has 0 radical (unpaired) electrons. The van der Waals surface area contributed by atoms with E-state index in [9.17, 15) is 0 Å². The van der Waals surface area contributed by atoms with Gasteiger partial charge in [0.15, 0.2) is 17.5 Å². The van der Waals surface area contributed by atoms with E-state index >= 15 is 0 Å². The molecule has 4 heteroatoms. The van der Waals surface area contributed by atoms with Gasteiger partial charge in [-0.05, 0) is 132 Å². The summed E-state index contributed by atoms with van der Waals surface area (Å²) in [7, 11) is 0. The summed E-state index contributed by atoms with van der Waals surface area (Å²) in [5.74, 6) is 1.73. The fraction of sp³-hybridized carbons (Fsp3) is 0. The van der Waals surface area contributed by atoms with Gasteiger partial charge in [0.05, 0.1) is 16.7 Å². The number of hydrogen-bond acceptors (Lipinski definition) is 3. The van der Waals surface area contributed by atoms with E-state index in [-0.39, 0.29) is 0 Å². The minimum absolute atomic E-state index is 0.563. The lowest BCUT2D eigenvalue weighted by Crippen LogP contribution is -2.04. The van der Waals surface area contributed by atoms with E-state index in [0.29, 0.717) is 17.5 Å². The van der Waals surface area contributed by atoms with Crippen LogP contribution < -0.4 is 0 Å². The molecule has 0 aliphatic heterocycles. The van der Waals surface area contributed by atoms with Crippen LogP contribution in [0.25, 0.3) is 151 Å². The Bertz CT molecular complexity index is 4600. The van der Waals surface area contributed by atoms with Gasteiger partial charge in [0.25, 0.3) is 0 Å². The van der Waals surface area contributed by atoms with Crippen molar-refractivity contribution in [3.63, 3.8) is 0 Å². The van der Waals surface area contributed by atoms with Crippen LogP contribution in [0.3, 0.4) is 0 Å². The van der Waals surface area contributed by atoms with Gasteiger partial charge in [-0.2, -0.15) is 0 Å². The van der Waals surface area contributed by atoms with Gasteiger partial charge in [-0.25, -0.2) is 15.0 Å². The summed E-state index contributed by atoms with van der Waals surface area (Å²) in [6.45, 7) is 0. The Balaban J connectivity index is 1.03. The first-order valence-electron chi connectivity index (χ1n) is 28.9. The van der Waals surface area contributed by atoms with Crippen LogP contribution in [-0.2, 0) is 0 Å². The standard InChI is InChI=1S/C81H54N4/c1-8-22-55(23-9-1)61-36-40-63(41-37-61)72-53-71(81-83-79(65-34-20-7-21-35-65)82-80(84-81)70-49-68(59-30-16-5-17-31-59)48-69(50-70)60-32-18-6-19-33-60)54-73(64-42-38-62(39-43-64)56-24-10-2-11-25-56)78(72)85-76-46-44-66(57-26-12-3-13-27-57)51-74(76)75-52-67(45-47-77(75)85)58-28-14-4-15-29-58/h1-54H. The Morgan fingerprint density at radius 2 is 0.424 bits per heavy atom. The van der Waals surface area contributed by atoms with Crippen molar-refractivity contribution in [3.8, 4) is 129 Å². The van der Waals surface area contributed by atoms with Crippen LogP contribution in [0.15, 0.2) is 328 Å². The summed E-state index contributed by atoms with van der Waals surface area (Å²) < 4.78 is 2.51. The summed E-state index contributed by atoms with van der Waals surface area (Å²) in [4.78, 5) is 16.4. The Morgan fingerprint density at radius 1 is 0.176 bits per heavy atom. The maximum absolute atomic E-state index is 5.59. The van der Waals surface area contributed by atoms with Crippen LogP contribution in [0.5, 0.6) is 0 Å². The van der Waals surface area contributed by atoms with Crippen molar-refractivity contribution in [3.05, 3.63) is 328 Å². The Labute approximate surface area is 495 Å². The molecule has 0 spiro atoms. The second kappa shape index (κ2) is 22.2. The Morgan fingerprint density at radius 3 is 0.776 bits per heavy atom. The molecule has 4 nitrogen and oxygen atoms in total. The average Bonchev–Trinajstić information content (AvgIpc) is 1.93. The lowest BCUT2D eigenvalue weighted by Gasteiger charge is -2.21. The van der Waals surface area contributed by atoms with E-state index in [4.69, 9.17) is 15.0 Å². The normalized spacial score (nSPS) is 11.3. The molecule has 0 fully saturated rings. The van der Waals surface area contributed by atoms with Gasteiger partial charge in [-0.3, -0.25) is 0 Å². The molecule has 0 atom stereocenters. The highest BCUT2D eigenvalue weighted by atomic mass is 15.0. The molecule has 2 aromatic heterocycles. The number of nitrogens with zero attached hydrogens (tertiary/aromatic N) is 4. The summed E-state index contributed by atoms with van der Waals surface area (Å²) in [6.07, 6.45) is 0. The quantitative estimate of drug-likeness (QED) is 0.122. The average molecular weight is 1080 g/mol. The number of benzene rings is 13. The monoisotopic (exact) mass is 1080 g/mol. The van der Waals surface area contributed by atoms with Gasteiger partial charge in [-0.1, -0.05) is 273 Å². The molecule has 398 valence electrons. The molecular weight excluding hydrogens is 1030 g/mol. The van der Waals surface area contributed by atoms with E-state index in [1.807, 2.05) is 18.2 Å². The van der Waals surface area contributed by atoms with Crippen molar-refractivity contribution < 1.29 is 0 Å². The zero-order valence-corrected chi connectivity index (χ0v) is 46.5. The molecule has 0 amide bonds. The molecule has 0 saturated carbocycles. The highest BCUT2D eigenvalue weighted by molar-refractivity contribution is 6.13. The molecule has 0 aliphatic rings. The molecule has 15 rings (SSSR count). The first-order chi connectivity index (χ1) is 42.1. The lowest BCUT2D eigenvalue weighted by atomic mass is 9.91. The van der Waals surface area contributed by atoms with Crippen molar-refractivity contribution in [2.45, 2.75) is 0 Å². The third kappa shape index (κ3) is 9.98. The summed E-state index contributed by atoms with van der Waals surface area (Å²) >= 11 is 0. The Kier molecular flexibility index (Phi) is 13.2. The molecule has 0 unspecified atom stereocenters. The van der Waals surface area contributed by atoms with E-state index in [1.165, 1.54) is 11.1 Å². The minimum atomic E-state index is 0.563.